The van der Waals surface area contributed by atoms with Crippen molar-refractivity contribution in [3.63, 3.8) is 0 Å². The van der Waals surface area contributed by atoms with Crippen LogP contribution in [0.3, 0.4) is 0 Å². The largest absolute Gasteiger partial charge is 0.463 e. The Bertz CT molecular complexity index is 117. The standard InChI is InChI=1S/C9H17O2/c1-7(2)5-6-9(10)11-8(3)4/h6-8H,5H2,1-4H3. The molecule has 0 aliphatic rings. The SMILES string of the molecule is CC(C)C[CH]C(=O)OC(C)C. The van der Waals surface area contributed by atoms with Crippen LogP contribution in [0.1, 0.15) is 34.1 Å². The van der Waals surface area contributed by atoms with Gasteiger partial charge in [-0.25, -0.2) is 0 Å². The molecule has 0 amide bonds. The summed E-state index contributed by atoms with van der Waals surface area (Å²) in [5.74, 6) is 0.323. The van der Waals surface area contributed by atoms with Crippen LogP contribution in [0, 0.1) is 12.3 Å². The molecule has 0 rings (SSSR count). The third-order valence-corrected chi connectivity index (χ3v) is 1.11. The van der Waals surface area contributed by atoms with E-state index in [-0.39, 0.29) is 12.1 Å². The van der Waals surface area contributed by atoms with E-state index in [0.29, 0.717) is 5.92 Å². The Kier molecular flexibility index (Phi) is 4.92. The molecule has 0 unspecified atom stereocenters. The Labute approximate surface area is 68.9 Å². The number of ether oxygens (including phenoxy) is 1. The van der Waals surface area contributed by atoms with E-state index in [1.54, 1.807) is 6.42 Å². The van der Waals surface area contributed by atoms with E-state index in [0.717, 1.165) is 6.42 Å². The van der Waals surface area contributed by atoms with Gasteiger partial charge in [0.25, 0.3) is 0 Å². The topological polar surface area (TPSA) is 26.3 Å². The highest BCUT2D eigenvalue weighted by atomic mass is 16.5. The Morgan fingerprint density at radius 2 is 1.91 bits per heavy atom. The van der Waals surface area contributed by atoms with Crippen molar-refractivity contribution in [2.24, 2.45) is 5.92 Å². The first-order valence-electron chi connectivity index (χ1n) is 4.06. The zero-order valence-corrected chi connectivity index (χ0v) is 7.76. The number of esters is 1. The molecule has 65 valence electrons. The average molecular weight is 157 g/mol. The molecule has 0 bridgehead atoms. The van der Waals surface area contributed by atoms with Crippen molar-refractivity contribution in [3.05, 3.63) is 6.42 Å². The lowest BCUT2D eigenvalue weighted by Gasteiger charge is -2.07. The molecule has 2 heteroatoms. The zero-order chi connectivity index (χ0) is 8.85. The summed E-state index contributed by atoms with van der Waals surface area (Å²) in [6.07, 6.45) is 2.39. The van der Waals surface area contributed by atoms with Gasteiger partial charge in [-0.1, -0.05) is 13.8 Å². The smallest absolute Gasteiger partial charge is 0.310 e. The van der Waals surface area contributed by atoms with E-state index in [2.05, 4.69) is 13.8 Å². The van der Waals surface area contributed by atoms with Gasteiger partial charge in [0.05, 0.1) is 12.5 Å². The molecule has 0 heterocycles. The molecular weight excluding hydrogens is 140 g/mol. The maximum atomic E-state index is 10.9. The fourth-order valence-corrected chi connectivity index (χ4v) is 0.612. The summed E-state index contributed by atoms with van der Waals surface area (Å²) in [7, 11) is 0. The number of carbonyl (C=O) groups is 1. The first-order chi connectivity index (χ1) is 5.02. The lowest BCUT2D eigenvalue weighted by atomic mass is 10.1. The Morgan fingerprint density at radius 1 is 1.36 bits per heavy atom. The summed E-state index contributed by atoms with van der Waals surface area (Å²) in [6, 6.07) is 0. The second-order valence-electron chi connectivity index (χ2n) is 3.32. The second-order valence-corrected chi connectivity index (χ2v) is 3.32. The summed E-state index contributed by atoms with van der Waals surface area (Å²) in [5.41, 5.74) is 0. The quantitative estimate of drug-likeness (QED) is 0.585. The van der Waals surface area contributed by atoms with E-state index in [1.165, 1.54) is 0 Å². The van der Waals surface area contributed by atoms with Gasteiger partial charge in [0, 0.05) is 0 Å². The van der Waals surface area contributed by atoms with Crippen molar-refractivity contribution < 1.29 is 9.53 Å². The Morgan fingerprint density at radius 3 is 2.27 bits per heavy atom. The Hall–Kier alpha value is -0.530. The van der Waals surface area contributed by atoms with Crippen molar-refractivity contribution in [3.8, 4) is 0 Å². The van der Waals surface area contributed by atoms with Gasteiger partial charge in [0.1, 0.15) is 0 Å². The molecule has 0 N–H and O–H groups in total. The second kappa shape index (κ2) is 5.16. The number of carbonyl (C=O) groups excluding carboxylic acids is 1. The van der Waals surface area contributed by atoms with Gasteiger partial charge in [-0.3, -0.25) is 4.79 Å². The van der Waals surface area contributed by atoms with Gasteiger partial charge in [-0.2, -0.15) is 0 Å². The highest BCUT2D eigenvalue weighted by Crippen LogP contribution is 2.04. The molecule has 0 fully saturated rings. The molecule has 2 nitrogen and oxygen atoms in total. The van der Waals surface area contributed by atoms with Gasteiger partial charge in [-0.05, 0) is 26.2 Å². The van der Waals surface area contributed by atoms with E-state index < -0.39 is 0 Å². The minimum Gasteiger partial charge on any atom is -0.463 e. The monoisotopic (exact) mass is 157 g/mol. The zero-order valence-electron chi connectivity index (χ0n) is 7.76. The summed E-state index contributed by atoms with van der Waals surface area (Å²) in [5, 5.41) is 0. The molecule has 0 aliphatic heterocycles. The van der Waals surface area contributed by atoms with E-state index in [4.69, 9.17) is 4.74 Å². The van der Waals surface area contributed by atoms with Gasteiger partial charge in [0.15, 0.2) is 0 Å². The molecule has 0 aromatic carbocycles. The van der Waals surface area contributed by atoms with Crippen molar-refractivity contribution in [1.29, 1.82) is 0 Å². The molecule has 0 atom stereocenters. The van der Waals surface area contributed by atoms with Crippen molar-refractivity contribution in [1.82, 2.24) is 0 Å². The van der Waals surface area contributed by atoms with E-state index in [1.807, 2.05) is 13.8 Å². The lowest BCUT2D eigenvalue weighted by molar-refractivity contribution is -0.143. The maximum Gasteiger partial charge on any atom is 0.310 e. The van der Waals surface area contributed by atoms with Gasteiger partial charge >= 0.3 is 5.97 Å². The van der Waals surface area contributed by atoms with Crippen LogP contribution in [0.5, 0.6) is 0 Å². The summed E-state index contributed by atoms with van der Waals surface area (Å²) in [4.78, 5) is 10.9. The van der Waals surface area contributed by atoms with Crippen molar-refractivity contribution in [2.75, 3.05) is 0 Å². The fourth-order valence-electron chi connectivity index (χ4n) is 0.612. The average Bonchev–Trinajstić information content (AvgIpc) is 1.82. The molecular formula is C9H17O2. The summed E-state index contributed by atoms with van der Waals surface area (Å²) in [6.45, 7) is 7.83. The summed E-state index contributed by atoms with van der Waals surface area (Å²) >= 11 is 0. The molecule has 0 spiro atoms. The third kappa shape index (κ3) is 7.37. The first-order valence-corrected chi connectivity index (χ1v) is 4.06. The molecule has 0 aromatic heterocycles. The first kappa shape index (κ1) is 10.5. The van der Waals surface area contributed by atoms with Crippen molar-refractivity contribution >= 4 is 5.97 Å². The van der Waals surface area contributed by atoms with E-state index >= 15 is 0 Å². The number of hydrogen-bond acceptors (Lipinski definition) is 2. The molecule has 1 radical (unpaired) electrons. The van der Waals surface area contributed by atoms with Crippen LogP contribution in [-0.2, 0) is 9.53 Å². The minimum atomic E-state index is -0.200. The van der Waals surface area contributed by atoms with E-state index in [9.17, 15) is 4.79 Å². The van der Waals surface area contributed by atoms with Crippen LogP contribution in [0.25, 0.3) is 0 Å². The molecule has 0 aromatic rings. The summed E-state index contributed by atoms with van der Waals surface area (Å²) < 4.78 is 4.91. The van der Waals surface area contributed by atoms with Crippen LogP contribution in [0.15, 0.2) is 0 Å². The minimum absolute atomic E-state index is 0.00841. The normalized spacial score (nSPS) is 10.7. The van der Waals surface area contributed by atoms with Crippen LogP contribution in [0.4, 0.5) is 0 Å². The maximum absolute atomic E-state index is 10.9. The third-order valence-electron chi connectivity index (χ3n) is 1.11. The lowest BCUT2D eigenvalue weighted by Crippen LogP contribution is -2.12. The van der Waals surface area contributed by atoms with Gasteiger partial charge < -0.3 is 4.74 Å². The fraction of sp³-hybridized carbons (Fsp3) is 0.778. The highest BCUT2D eigenvalue weighted by molar-refractivity contribution is 5.78. The van der Waals surface area contributed by atoms with Crippen LogP contribution < -0.4 is 0 Å². The molecule has 11 heavy (non-hydrogen) atoms. The van der Waals surface area contributed by atoms with Crippen molar-refractivity contribution in [2.45, 2.75) is 40.2 Å². The number of rotatable bonds is 4. The highest BCUT2D eigenvalue weighted by Gasteiger charge is 2.06. The van der Waals surface area contributed by atoms with Gasteiger partial charge in [0.2, 0.25) is 0 Å². The molecule has 0 aliphatic carbocycles. The number of hydrogen-bond donors (Lipinski definition) is 0. The van der Waals surface area contributed by atoms with Crippen LogP contribution in [-0.4, -0.2) is 12.1 Å². The van der Waals surface area contributed by atoms with Crippen LogP contribution in [0.2, 0.25) is 0 Å². The van der Waals surface area contributed by atoms with Gasteiger partial charge in [-0.15, -0.1) is 0 Å². The predicted molar refractivity (Wildman–Crippen MR) is 45.0 cm³/mol. The Balaban J connectivity index is 3.38. The molecule has 0 saturated heterocycles. The van der Waals surface area contributed by atoms with Crippen LogP contribution >= 0.6 is 0 Å². The molecule has 0 saturated carbocycles. The predicted octanol–water partition coefficient (Wildman–Crippen LogP) is 2.19.